The van der Waals surface area contributed by atoms with E-state index >= 15 is 0 Å². The maximum absolute atomic E-state index is 13.5. The van der Waals surface area contributed by atoms with Crippen molar-refractivity contribution in [1.29, 1.82) is 0 Å². The van der Waals surface area contributed by atoms with Crippen molar-refractivity contribution >= 4 is 11.6 Å². The van der Waals surface area contributed by atoms with Gasteiger partial charge in [-0.1, -0.05) is 146 Å². The van der Waals surface area contributed by atoms with Crippen molar-refractivity contribution in [1.82, 2.24) is 19.9 Å². The van der Waals surface area contributed by atoms with Crippen molar-refractivity contribution in [3.8, 4) is 67.7 Å². The smallest absolute Gasteiger partial charge is 0.255 e. The summed E-state index contributed by atoms with van der Waals surface area (Å²) in [5, 5.41) is 3.21. The van der Waals surface area contributed by atoms with E-state index < -0.39 is 0 Å². The van der Waals surface area contributed by atoms with E-state index in [-0.39, 0.29) is 5.91 Å². The molecule has 1 amide bonds. The summed E-state index contributed by atoms with van der Waals surface area (Å²) in [6, 6.07) is 57.5. The predicted octanol–water partition coefficient (Wildman–Crippen LogP) is 10.5. The molecule has 0 saturated heterocycles. The highest BCUT2D eigenvalue weighted by molar-refractivity contribution is 6.07. The Morgan fingerprint density at radius 2 is 0.902 bits per heavy atom. The van der Waals surface area contributed by atoms with Gasteiger partial charge in [-0.25, -0.2) is 15.0 Å². The predicted molar refractivity (Wildman–Crippen MR) is 205 cm³/mol. The SMILES string of the molecule is O=C(Nc1cc(-c2ccc(-c3nc(-c4ccccc4)nc(-c4ccccc4)n3)cc2)ccc1-c1ccccc1-c1ccccn1)c1ccccc1. The van der Waals surface area contributed by atoms with Crippen LogP contribution in [-0.2, 0) is 0 Å². The van der Waals surface area contributed by atoms with E-state index in [4.69, 9.17) is 15.0 Å². The molecule has 8 aromatic rings. The normalized spacial score (nSPS) is 10.8. The molecule has 0 aliphatic rings. The lowest BCUT2D eigenvalue weighted by Gasteiger charge is -2.17. The highest BCUT2D eigenvalue weighted by atomic mass is 16.1. The summed E-state index contributed by atoms with van der Waals surface area (Å²) in [4.78, 5) is 32.7. The van der Waals surface area contributed by atoms with Crippen LogP contribution in [0.4, 0.5) is 5.69 Å². The molecule has 0 aliphatic carbocycles. The summed E-state index contributed by atoms with van der Waals surface area (Å²) in [5.41, 5.74) is 9.64. The summed E-state index contributed by atoms with van der Waals surface area (Å²) in [5.74, 6) is 1.64. The van der Waals surface area contributed by atoms with Gasteiger partial charge in [-0.15, -0.1) is 0 Å². The lowest BCUT2D eigenvalue weighted by atomic mass is 9.93. The molecule has 0 atom stereocenters. The Labute approximate surface area is 296 Å². The number of nitrogens with zero attached hydrogens (tertiary/aromatic N) is 4. The zero-order valence-electron chi connectivity index (χ0n) is 27.5. The summed E-state index contributed by atoms with van der Waals surface area (Å²) in [6.45, 7) is 0. The van der Waals surface area contributed by atoms with Crippen LogP contribution in [0.3, 0.4) is 0 Å². The summed E-state index contributed by atoms with van der Waals surface area (Å²) >= 11 is 0. The standard InChI is InChI=1S/C45H31N5O/c51-45(35-18-8-3-9-19-35)47-41-30-36(27-28-39(41)37-20-10-11-21-38(37)40-22-12-13-29-46-40)31-23-25-34(26-24-31)44-49-42(32-14-4-1-5-15-32)48-43(50-44)33-16-6-2-7-17-33/h1-30H,(H,47,51). The minimum Gasteiger partial charge on any atom is -0.321 e. The Morgan fingerprint density at radius 3 is 1.49 bits per heavy atom. The number of carbonyl (C=O) groups excluding carboxylic acids is 1. The zero-order chi connectivity index (χ0) is 34.4. The molecule has 0 radical (unpaired) electrons. The van der Waals surface area contributed by atoms with Crippen molar-refractivity contribution in [3.63, 3.8) is 0 Å². The number of rotatable bonds is 8. The van der Waals surface area contributed by atoms with Gasteiger partial charge in [0, 0.05) is 45.3 Å². The quantitative estimate of drug-likeness (QED) is 0.176. The lowest BCUT2D eigenvalue weighted by Crippen LogP contribution is -2.12. The number of amides is 1. The van der Waals surface area contributed by atoms with Gasteiger partial charge >= 0.3 is 0 Å². The van der Waals surface area contributed by atoms with Crippen LogP contribution in [-0.4, -0.2) is 25.8 Å². The molecule has 6 nitrogen and oxygen atoms in total. The van der Waals surface area contributed by atoms with Gasteiger partial charge in [0.15, 0.2) is 17.5 Å². The molecule has 6 aromatic carbocycles. The van der Waals surface area contributed by atoms with Gasteiger partial charge in [-0.3, -0.25) is 9.78 Å². The zero-order valence-corrected chi connectivity index (χ0v) is 27.5. The lowest BCUT2D eigenvalue weighted by molar-refractivity contribution is 0.102. The molecule has 0 fully saturated rings. The van der Waals surface area contributed by atoms with E-state index in [1.807, 2.05) is 140 Å². The fourth-order valence-electron chi connectivity index (χ4n) is 6.06. The molecule has 242 valence electrons. The van der Waals surface area contributed by atoms with E-state index in [1.54, 1.807) is 6.20 Å². The highest BCUT2D eigenvalue weighted by Crippen LogP contribution is 2.38. The average Bonchev–Trinajstić information content (AvgIpc) is 3.22. The summed E-state index contributed by atoms with van der Waals surface area (Å²) < 4.78 is 0. The molecular formula is C45H31N5O. The van der Waals surface area contributed by atoms with Gasteiger partial charge in [-0.05, 0) is 47.0 Å². The molecule has 51 heavy (non-hydrogen) atoms. The third-order valence-electron chi connectivity index (χ3n) is 8.64. The first kappa shape index (κ1) is 31.2. The Hall–Kier alpha value is -7.05. The molecule has 0 unspecified atom stereocenters. The Bertz CT molecular complexity index is 2380. The van der Waals surface area contributed by atoms with Gasteiger partial charge < -0.3 is 5.32 Å². The number of nitrogens with one attached hydrogen (secondary N) is 1. The van der Waals surface area contributed by atoms with Gasteiger partial charge in [0.05, 0.1) is 5.69 Å². The van der Waals surface area contributed by atoms with Crippen LogP contribution in [0.15, 0.2) is 182 Å². The van der Waals surface area contributed by atoms with E-state index in [1.165, 1.54) is 0 Å². The fraction of sp³-hybridized carbons (Fsp3) is 0. The molecule has 0 spiro atoms. The number of hydrogen-bond donors (Lipinski definition) is 1. The van der Waals surface area contributed by atoms with Crippen LogP contribution in [0.2, 0.25) is 0 Å². The molecule has 6 heteroatoms. The molecule has 8 rings (SSSR count). The summed E-state index contributed by atoms with van der Waals surface area (Å²) in [6.07, 6.45) is 1.79. The van der Waals surface area contributed by atoms with E-state index in [0.29, 0.717) is 28.7 Å². The molecule has 2 aromatic heterocycles. The molecule has 0 aliphatic heterocycles. The number of aromatic nitrogens is 4. The Kier molecular flexibility index (Phi) is 8.70. The van der Waals surface area contributed by atoms with Crippen LogP contribution in [0, 0.1) is 0 Å². The maximum atomic E-state index is 13.5. The van der Waals surface area contributed by atoms with Crippen LogP contribution in [0.5, 0.6) is 0 Å². The number of benzene rings is 6. The third kappa shape index (κ3) is 6.80. The second-order valence-corrected chi connectivity index (χ2v) is 12.0. The molecule has 1 N–H and O–H groups in total. The number of pyridine rings is 1. The van der Waals surface area contributed by atoms with Crippen molar-refractivity contribution in [2.45, 2.75) is 0 Å². The first-order valence-corrected chi connectivity index (χ1v) is 16.7. The molecule has 0 bridgehead atoms. The highest BCUT2D eigenvalue weighted by Gasteiger charge is 2.17. The van der Waals surface area contributed by atoms with Gasteiger partial charge in [-0.2, -0.15) is 0 Å². The molecule has 2 heterocycles. The first-order valence-electron chi connectivity index (χ1n) is 16.7. The van der Waals surface area contributed by atoms with Gasteiger partial charge in [0.1, 0.15) is 0 Å². The minimum atomic E-state index is -0.182. The van der Waals surface area contributed by atoms with Crippen LogP contribution >= 0.6 is 0 Å². The van der Waals surface area contributed by atoms with Crippen molar-refractivity contribution < 1.29 is 4.79 Å². The van der Waals surface area contributed by atoms with E-state index in [0.717, 1.165) is 50.2 Å². The third-order valence-corrected chi connectivity index (χ3v) is 8.64. The van der Waals surface area contributed by atoms with Crippen LogP contribution in [0.25, 0.3) is 67.7 Å². The van der Waals surface area contributed by atoms with Crippen LogP contribution in [0.1, 0.15) is 10.4 Å². The van der Waals surface area contributed by atoms with Crippen molar-refractivity contribution in [2.24, 2.45) is 0 Å². The second kappa shape index (κ2) is 14.2. The van der Waals surface area contributed by atoms with Crippen molar-refractivity contribution in [3.05, 3.63) is 188 Å². The maximum Gasteiger partial charge on any atom is 0.255 e. The van der Waals surface area contributed by atoms with Crippen LogP contribution < -0.4 is 5.32 Å². The van der Waals surface area contributed by atoms with Gasteiger partial charge in [0.2, 0.25) is 0 Å². The largest absolute Gasteiger partial charge is 0.321 e. The minimum absolute atomic E-state index is 0.182. The van der Waals surface area contributed by atoms with E-state index in [2.05, 4.69) is 46.7 Å². The fourth-order valence-corrected chi connectivity index (χ4v) is 6.06. The second-order valence-electron chi connectivity index (χ2n) is 12.0. The monoisotopic (exact) mass is 657 g/mol. The number of carbonyl (C=O) groups is 1. The topological polar surface area (TPSA) is 80.7 Å². The Morgan fingerprint density at radius 1 is 0.412 bits per heavy atom. The Balaban J connectivity index is 1.19. The summed E-state index contributed by atoms with van der Waals surface area (Å²) in [7, 11) is 0. The first-order chi connectivity index (χ1) is 25.2. The van der Waals surface area contributed by atoms with Gasteiger partial charge in [0.25, 0.3) is 5.91 Å². The number of hydrogen-bond acceptors (Lipinski definition) is 5. The number of anilines is 1. The van der Waals surface area contributed by atoms with Crippen molar-refractivity contribution in [2.75, 3.05) is 5.32 Å². The molecular weight excluding hydrogens is 627 g/mol. The van der Waals surface area contributed by atoms with E-state index in [9.17, 15) is 4.79 Å². The molecule has 0 saturated carbocycles. The average molecular weight is 658 g/mol.